The SMILES string of the molecule is CCOC(C)(C)c1ncc2c(n1)CCC(CNC)C2. The molecule has 0 saturated carbocycles. The van der Waals surface area contributed by atoms with Crippen molar-refractivity contribution in [3.63, 3.8) is 0 Å². The summed E-state index contributed by atoms with van der Waals surface area (Å²) in [6.45, 7) is 7.82. The van der Waals surface area contributed by atoms with Gasteiger partial charge < -0.3 is 10.1 Å². The summed E-state index contributed by atoms with van der Waals surface area (Å²) < 4.78 is 5.73. The van der Waals surface area contributed by atoms with E-state index in [1.54, 1.807) is 0 Å². The molecule has 0 spiro atoms. The Balaban J connectivity index is 2.17. The fourth-order valence-corrected chi connectivity index (χ4v) is 2.76. The molecule has 0 saturated heterocycles. The lowest BCUT2D eigenvalue weighted by atomic mass is 9.87. The van der Waals surface area contributed by atoms with Crippen molar-refractivity contribution < 1.29 is 4.74 Å². The van der Waals surface area contributed by atoms with Crippen molar-refractivity contribution in [3.05, 3.63) is 23.3 Å². The molecule has 1 aromatic heterocycles. The molecule has 4 nitrogen and oxygen atoms in total. The molecule has 4 heteroatoms. The summed E-state index contributed by atoms with van der Waals surface area (Å²) in [5.74, 6) is 1.52. The predicted octanol–water partition coefficient (Wildman–Crippen LogP) is 2.07. The molecule has 1 N–H and O–H groups in total. The van der Waals surface area contributed by atoms with Crippen molar-refractivity contribution in [2.45, 2.75) is 45.6 Å². The Morgan fingerprint density at radius 1 is 1.47 bits per heavy atom. The quantitative estimate of drug-likeness (QED) is 0.883. The first-order chi connectivity index (χ1) is 9.06. The summed E-state index contributed by atoms with van der Waals surface area (Å²) in [7, 11) is 2.01. The maximum absolute atomic E-state index is 5.73. The van der Waals surface area contributed by atoms with Crippen LogP contribution in [-0.4, -0.2) is 30.2 Å². The van der Waals surface area contributed by atoms with E-state index in [9.17, 15) is 0 Å². The first kappa shape index (κ1) is 14.4. The van der Waals surface area contributed by atoms with Crippen LogP contribution < -0.4 is 5.32 Å². The third-order valence-corrected chi connectivity index (χ3v) is 3.79. The zero-order chi connectivity index (χ0) is 13.9. The number of aromatic nitrogens is 2. The van der Waals surface area contributed by atoms with Gasteiger partial charge >= 0.3 is 0 Å². The Bertz CT molecular complexity index is 431. The minimum Gasteiger partial charge on any atom is -0.368 e. The highest BCUT2D eigenvalue weighted by atomic mass is 16.5. The number of nitrogens with one attached hydrogen (secondary N) is 1. The van der Waals surface area contributed by atoms with Gasteiger partial charge in [0, 0.05) is 18.5 Å². The number of nitrogens with zero attached hydrogens (tertiary/aromatic N) is 2. The standard InChI is InChI=1S/C15H25N3O/c1-5-19-15(2,3)14-17-10-12-8-11(9-16-4)6-7-13(12)18-14/h10-11,16H,5-9H2,1-4H3. The molecule has 19 heavy (non-hydrogen) atoms. The lowest BCUT2D eigenvalue weighted by Gasteiger charge is -2.27. The van der Waals surface area contributed by atoms with Crippen molar-refractivity contribution in [1.82, 2.24) is 15.3 Å². The average molecular weight is 263 g/mol. The zero-order valence-corrected chi connectivity index (χ0v) is 12.5. The highest BCUT2D eigenvalue weighted by Gasteiger charge is 2.27. The van der Waals surface area contributed by atoms with E-state index in [-0.39, 0.29) is 0 Å². The van der Waals surface area contributed by atoms with Crippen LogP contribution in [0.25, 0.3) is 0 Å². The van der Waals surface area contributed by atoms with E-state index in [4.69, 9.17) is 9.72 Å². The smallest absolute Gasteiger partial charge is 0.159 e. The Morgan fingerprint density at radius 3 is 2.95 bits per heavy atom. The summed E-state index contributed by atoms with van der Waals surface area (Å²) >= 11 is 0. The normalized spacial score (nSPS) is 19.3. The molecule has 0 radical (unpaired) electrons. The molecule has 1 aliphatic carbocycles. The van der Waals surface area contributed by atoms with Gasteiger partial charge in [0.15, 0.2) is 5.82 Å². The van der Waals surface area contributed by atoms with E-state index in [2.05, 4.69) is 10.3 Å². The van der Waals surface area contributed by atoms with Crippen LogP contribution in [0.1, 0.15) is 44.3 Å². The highest BCUT2D eigenvalue weighted by Crippen LogP contribution is 2.27. The third-order valence-electron chi connectivity index (χ3n) is 3.79. The number of aryl methyl sites for hydroxylation is 1. The molecule has 1 unspecified atom stereocenters. The van der Waals surface area contributed by atoms with Crippen LogP contribution in [0.4, 0.5) is 0 Å². The zero-order valence-electron chi connectivity index (χ0n) is 12.5. The second kappa shape index (κ2) is 5.97. The van der Waals surface area contributed by atoms with Gasteiger partial charge in [0.05, 0.1) is 0 Å². The Hall–Kier alpha value is -1.00. The van der Waals surface area contributed by atoms with Crippen LogP contribution in [0.5, 0.6) is 0 Å². The number of ether oxygens (including phenoxy) is 1. The van der Waals surface area contributed by atoms with E-state index in [0.29, 0.717) is 12.5 Å². The fourth-order valence-electron chi connectivity index (χ4n) is 2.76. The number of hydrogen-bond donors (Lipinski definition) is 1. The van der Waals surface area contributed by atoms with Gasteiger partial charge in [-0.05, 0) is 65.1 Å². The van der Waals surface area contributed by atoms with Crippen LogP contribution in [0.3, 0.4) is 0 Å². The lowest BCUT2D eigenvalue weighted by Crippen LogP contribution is -2.29. The fraction of sp³-hybridized carbons (Fsp3) is 0.733. The third kappa shape index (κ3) is 3.31. The summed E-state index contributed by atoms with van der Waals surface area (Å²) in [5, 5.41) is 3.26. The number of fused-ring (bicyclic) bond motifs is 1. The molecule has 1 aromatic rings. The highest BCUT2D eigenvalue weighted by molar-refractivity contribution is 5.22. The van der Waals surface area contributed by atoms with Crippen LogP contribution in [-0.2, 0) is 23.2 Å². The molecule has 1 atom stereocenters. The van der Waals surface area contributed by atoms with Crippen LogP contribution in [0.15, 0.2) is 6.20 Å². The average Bonchev–Trinajstić information content (AvgIpc) is 2.38. The Kier molecular flexibility index (Phi) is 4.53. The van der Waals surface area contributed by atoms with Crippen molar-refractivity contribution in [2.24, 2.45) is 5.92 Å². The Morgan fingerprint density at radius 2 is 2.26 bits per heavy atom. The molecule has 0 fully saturated rings. The lowest BCUT2D eigenvalue weighted by molar-refractivity contribution is -0.0210. The maximum Gasteiger partial charge on any atom is 0.159 e. The first-order valence-corrected chi connectivity index (χ1v) is 7.20. The first-order valence-electron chi connectivity index (χ1n) is 7.20. The minimum atomic E-state index is -0.397. The molecule has 0 aromatic carbocycles. The number of rotatable bonds is 5. The van der Waals surface area contributed by atoms with Gasteiger partial charge in [-0.15, -0.1) is 0 Å². The van der Waals surface area contributed by atoms with Gasteiger partial charge in [0.1, 0.15) is 5.60 Å². The molecule has 106 valence electrons. The van der Waals surface area contributed by atoms with Crippen molar-refractivity contribution in [1.29, 1.82) is 0 Å². The summed E-state index contributed by atoms with van der Waals surface area (Å²) in [4.78, 5) is 9.26. The van der Waals surface area contributed by atoms with Crippen LogP contribution in [0.2, 0.25) is 0 Å². The maximum atomic E-state index is 5.73. The molecule has 2 rings (SSSR count). The molecule has 1 aliphatic rings. The van der Waals surface area contributed by atoms with Gasteiger partial charge in [-0.25, -0.2) is 9.97 Å². The van der Waals surface area contributed by atoms with Gasteiger partial charge in [-0.1, -0.05) is 0 Å². The Labute approximate surface area is 116 Å². The van der Waals surface area contributed by atoms with Gasteiger partial charge in [-0.2, -0.15) is 0 Å². The largest absolute Gasteiger partial charge is 0.368 e. The van der Waals surface area contributed by atoms with E-state index in [1.807, 2.05) is 34.0 Å². The second-order valence-electron chi connectivity index (χ2n) is 5.78. The minimum absolute atomic E-state index is 0.397. The van der Waals surface area contributed by atoms with Crippen LogP contribution in [0, 0.1) is 5.92 Å². The van der Waals surface area contributed by atoms with Crippen molar-refractivity contribution >= 4 is 0 Å². The molecule has 0 aliphatic heterocycles. The van der Waals surface area contributed by atoms with Crippen molar-refractivity contribution in [3.8, 4) is 0 Å². The van der Waals surface area contributed by atoms with E-state index < -0.39 is 5.60 Å². The monoisotopic (exact) mass is 263 g/mol. The molecular formula is C15H25N3O. The molecular weight excluding hydrogens is 238 g/mol. The summed E-state index contributed by atoms with van der Waals surface area (Å²) in [5.41, 5.74) is 2.12. The summed E-state index contributed by atoms with van der Waals surface area (Å²) in [6.07, 6.45) is 5.35. The molecule has 0 bridgehead atoms. The van der Waals surface area contributed by atoms with E-state index in [0.717, 1.165) is 25.2 Å². The van der Waals surface area contributed by atoms with Gasteiger partial charge in [0.25, 0.3) is 0 Å². The van der Waals surface area contributed by atoms with E-state index in [1.165, 1.54) is 17.7 Å². The second-order valence-corrected chi connectivity index (χ2v) is 5.78. The molecule has 1 heterocycles. The predicted molar refractivity (Wildman–Crippen MR) is 76.1 cm³/mol. The topological polar surface area (TPSA) is 47.0 Å². The van der Waals surface area contributed by atoms with Crippen LogP contribution >= 0.6 is 0 Å². The van der Waals surface area contributed by atoms with Crippen molar-refractivity contribution in [2.75, 3.05) is 20.2 Å². The van der Waals surface area contributed by atoms with Gasteiger partial charge in [-0.3, -0.25) is 0 Å². The molecule has 0 amide bonds. The number of hydrogen-bond acceptors (Lipinski definition) is 4. The van der Waals surface area contributed by atoms with Gasteiger partial charge in [0.2, 0.25) is 0 Å². The van der Waals surface area contributed by atoms with E-state index >= 15 is 0 Å². The summed E-state index contributed by atoms with van der Waals surface area (Å²) in [6, 6.07) is 0.